The lowest BCUT2D eigenvalue weighted by Gasteiger charge is -2.18. The van der Waals surface area contributed by atoms with Crippen LogP contribution >= 0.6 is 12.2 Å². The maximum absolute atomic E-state index is 5.66. The Labute approximate surface area is 153 Å². The summed E-state index contributed by atoms with van der Waals surface area (Å²) in [6.07, 6.45) is 0. The van der Waals surface area contributed by atoms with Gasteiger partial charge in [0.05, 0.1) is 0 Å². The minimum absolute atomic E-state index is 0.121. The number of hydrogen-bond donors (Lipinski definition) is 1. The van der Waals surface area contributed by atoms with Gasteiger partial charge in [0.1, 0.15) is 6.67 Å². The van der Waals surface area contributed by atoms with Gasteiger partial charge in [-0.05, 0) is 54.4 Å². The van der Waals surface area contributed by atoms with Crippen LogP contribution in [0, 0.1) is 11.8 Å². The smallest absolute Gasteiger partial charge is 0.289 e. The van der Waals surface area contributed by atoms with Crippen molar-refractivity contribution in [2.24, 2.45) is 0 Å². The highest BCUT2D eigenvalue weighted by molar-refractivity contribution is 7.71. The van der Waals surface area contributed by atoms with E-state index in [1.54, 1.807) is 4.68 Å². The Morgan fingerprint density at radius 2 is 1.68 bits per heavy atom. The number of anilines is 1. The van der Waals surface area contributed by atoms with E-state index < -0.39 is 0 Å². The summed E-state index contributed by atoms with van der Waals surface area (Å²) >= 11 is 5.29. The molecule has 5 heteroatoms. The SMILES string of the molecule is Cc1ccc(NCn2nc(-c3ccc(C(C)(C)C)cc3)oc2=S)cc1. The molecular weight excluding hydrogens is 330 g/mol. The molecule has 0 bridgehead atoms. The number of benzene rings is 2. The second kappa shape index (κ2) is 6.84. The molecule has 0 amide bonds. The summed E-state index contributed by atoms with van der Waals surface area (Å²) in [4.78, 5) is 0.356. The fraction of sp³-hybridized carbons (Fsp3) is 0.300. The molecule has 0 atom stereocenters. The summed E-state index contributed by atoms with van der Waals surface area (Å²) in [6.45, 7) is 9.11. The lowest BCUT2D eigenvalue weighted by Crippen LogP contribution is -2.10. The molecule has 130 valence electrons. The van der Waals surface area contributed by atoms with Gasteiger partial charge < -0.3 is 9.73 Å². The summed E-state index contributed by atoms with van der Waals surface area (Å²) in [5.41, 5.74) is 4.57. The molecule has 0 aliphatic rings. The van der Waals surface area contributed by atoms with Gasteiger partial charge in [-0.1, -0.05) is 50.6 Å². The van der Waals surface area contributed by atoms with Crippen molar-refractivity contribution < 1.29 is 4.42 Å². The first kappa shape index (κ1) is 17.4. The fourth-order valence-electron chi connectivity index (χ4n) is 2.47. The number of rotatable bonds is 4. The Kier molecular flexibility index (Phi) is 4.77. The zero-order chi connectivity index (χ0) is 18.0. The van der Waals surface area contributed by atoms with Crippen LogP contribution in [0.2, 0.25) is 0 Å². The van der Waals surface area contributed by atoms with Gasteiger partial charge in [-0.3, -0.25) is 0 Å². The highest BCUT2D eigenvalue weighted by Gasteiger charge is 2.14. The Balaban J connectivity index is 1.75. The van der Waals surface area contributed by atoms with E-state index in [1.807, 2.05) is 24.3 Å². The lowest BCUT2D eigenvalue weighted by atomic mass is 9.87. The zero-order valence-electron chi connectivity index (χ0n) is 15.0. The molecule has 0 radical (unpaired) electrons. The van der Waals surface area contributed by atoms with E-state index in [0.717, 1.165) is 11.3 Å². The number of nitrogens with one attached hydrogen (secondary N) is 1. The molecule has 2 aromatic carbocycles. The van der Waals surface area contributed by atoms with Crippen LogP contribution in [0.5, 0.6) is 0 Å². The standard InChI is InChI=1S/C20H23N3OS/c1-14-5-11-17(12-6-14)21-13-23-19(25)24-18(22-23)15-7-9-16(10-8-15)20(2,3)4/h5-12,21H,13H2,1-4H3. The summed E-state index contributed by atoms with van der Waals surface area (Å²) in [5, 5.41) is 7.78. The molecule has 1 aromatic heterocycles. The quantitative estimate of drug-likeness (QED) is 0.625. The minimum Gasteiger partial charge on any atom is -0.409 e. The molecule has 0 unspecified atom stereocenters. The third kappa shape index (κ3) is 4.17. The second-order valence-electron chi connectivity index (χ2n) is 7.20. The Bertz CT molecular complexity index is 900. The van der Waals surface area contributed by atoms with Gasteiger partial charge in [0.2, 0.25) is 5.89 Å². The third-order valence-corrected chi connectivity index (χ3v) is 4.38. The first-order valence-electron chi connectivity index (χ1n) is 8.32. The zero-order valence-corrected chi connectivity index (χ0v) is 15.9. The molecule has 0 saturated carbocycles. The predicted molar refractivity (Wildman–Crippen MR) is 104 cm³/mol. The van der Waals surface area contributed by atoms with Gasteiger partial charge in [-0.2, -0.15) is 0 Å². The minimum atomic E-state index is 0.121. The first-order chi connectivity index (χ1) is 11.8. The van der Waals surface area contributed by atoms with Crippen molar-refractivity contribution in [1.82, 2.24) is 9.78 Å². The Hall–Kier alpha value is -2.40. The van der Waals surface area contributed by atoms with Crippen LogP contribution in [0.1, 0.15) is 31.9 Å². The average Bonchev–Trinajstić information content (AvgIpc) is 2.95. The van der Waals surface area contributed by atoms with Gasteiger partial charge in [0, 0.05) is 11.3 Å². The highest BCUT2D eigenvalue weighted by atomic mass is 32.1. The second-order valence-corrected chi connectivity index (χ2v) is 7.55. The van der Waals surface area contributed by atoms with Crippen LogP contribution in [0.15, 0.2) is 52.9 Å². The van der Waals surface area contributed by atoms with Crippen LogP contribution in [0.3, 0.4) is 0 Å². The van der Waals surface area contributed by atoms with Crippen molar-refractivity contribution in [3.05, 3.63) is 64.5 Å². The van der Waals surface area contributed by atoms with Crippen molar-refractivity contribution in [3.63, 3.8) is 0 Å². The lowest BCUT2D eigenvalue weighted by molar-refractivity contribution is 0.522. The fourth-order valence-corrected chi connectivity index (χ4v) is 2.66. The molecule has 4 nitrogen and oxygen atoms in total. The van der Waals surface area contributed by atoms with E-state index in [-0.39, 0.29) is 5.41 Å². The molecule has 0 aliphatic carbocycles. The van der Waals surface area contributed by atoms with Crippen molar-refractivity contribution >= 4 is 17.9 Å². The van der Waals surface area contributed by atoms with Crippen molar-refractivity contribution in [3.8, 4) is 11.5 Å². The summed E-state index contributed by atoms with van der Waals surface area (Å²) in [7, 11) is 0. The van der Waals surface area contributed by atoms with Crippen molar-refractivity contribution in [2.45, 2.75) is 39.8 Å². The predicted octanol–water partition coefficient (Wildman–Crippen LogP) is 5.55. The van der Waals surface area contributed by atoms with Gasteiger partial charge in [0.25, 0.3) is 4.84 Å². The van der Waals surface area contributed by atoms with E-state index in [1.165, 1.54) is 11.1 Å². The van der Waals surface area contributed by atoms with Crippen LogP contribution in [0.4, 0.5) is 5.69 Å². The first-order valence-corrected chi connectivity index (χ1v) is 8.73. The maximum atomic E-state index is 5.66. The van der Waals surface area contributed by atoms with E-state index in [9.17, 15) is 0 Å². The molecule has 25 heavy (non-hydrogen) atoms. The van der Waals surface area contributed by atoms with Crippen LogP contribution in [-0.2, 0) is 12.1 Å². The van der Waals surface area contributed by atoms with Crippen molar-refractivity contribution in [1.29, 1.82) is 0 Å². The molecule has 1 heterocycles. The maximum Gasteiger partial charge on any atom is 0.289 e. The molecule has 0 saturated heterocycles. The van der Waals surface area contributed by atoms with Crippen LogP contribution in [0.25, 0.3) is 11.5 Å². The number of aryl methyl sites for hydroxylation is 1. The van der Waals surface area contributed by atoms with Gasteiger partial charge >= 0.3 is 0 Å². The van der Waals surface area contributed by atoms with Crippen LogP contribution in [-0.4, -0.2) is 9.78 Å². The number of hydrogen-bond acceptors (Lipinski definition) is 4. The number of nitrogens with zero attached hydrogens (tertiary/aromatic N) is 2. The Morgan fingerprint density at radius 3 is 2.28 bits per heavy atom. The van der Waals surface area contributed by atoms with Crippen molar-refractivity contribution in [2.75, 3.05) is 5.32 Å². The van der Waals surface area contributed by atoms with E-state index in [2.05, 4.69) is 62.4 Å². The van der Waals surface area contributed by atoms with Gasteiger partial charge in [0.15, 0.2) is 0 Å². The summed E-state index contributed by atoms with van der Waals surface area (Å²) < 4.78 is 7.32. The largest absolute Gasteiger partial charge is 0.409 e. The molecule has 1 N–H and O–H groups in total. The Morgan fingerprint density at radius 1 is 1.04 bits per heavy atom. The molecule has 0 fully saturated rings. The molecule has 3 rings (SSSR count). The van der Waals surface area contributed by atoms with E-state index in [0.29, 0.717) is 17.4 Å². The molecule has 3 aromatic rings. The van der Waals surface area contributed by atoms with E-state index >= 15 is 0 Å². The number of aromatic nitrogens is 2. The van der Waals surface area contributed by atoms with E-state index in [4.69, 9.17) is 16.6 Å². The molecular formula is C20H23N3OS. The topological polar surface area (TPSA) is 43.0 Å². The monoisotopic (exact) mass is 353 g/mol. The van der Waals surface area contributed by atoms with Gasteiger partial charge in [-0.25, -0.2) is 4.68 Å². The van der Waals surface area contributed by atoms with Gasteiger partial charge in [-0.15, -0.1) is 5.10 Å². The molecule has 0 aliphatic heterocycles. The molecule has 0 spiro atoms. The average molecular weight is 353 g/mol. The van der Waals surface area contributed by atoms with Crippen LogP contribution < -0.4 is 5.32 Å². The summed E-state index contributed by atoms with van der Waals surface area (Å²) in [5.74, 6) is 0.538. The highest BCUT2D eigenvalue weighted by Crippen LogP contribution is 2.25. The summed E-state index contributed by atoms with van der Waals surface area (Å²) in [6, 6.07) is 16.5. The normalized spacial score (nSPS) is 11.5. The third-order valence-electron chi connectivity index (χ3n) is 4.09.